The van der Waals surface area contributed by atoms with Crippen molar-refractivity contribution in [2.24, 2.45) is 0 Å². The van der Waals surface area contributed by atoms with Crippen LogP contribution in [0.3, 0.4) is 0 Å². The average Bonchev–Trinajstić information content (AvgIpc) is 3.29. The van der Waals surface area contributed by atoms with Gasteiger partial charge in [-0.25, -0.2) is 0 Å². The highest BCUT2D eigenvalue weighted by Crippen LogP contribution is 2.38. The van der Waals surface area contributed by atoms with Crippen LogP contribution in [0, 0.1) is 0 Å². The van der Waals surface area contributed by atoms with Gasteiger partial charge in [0.1, 0.15) is 19.3 Å². The van der Waals surface area contributed by atoms with E-state index >= 15 is 0 Å². The van der Waals surface area contributed by atoms with Crippen LogP contribution in [0.15, 0.2) is 97.2 Å². The van der Waals surface area contributed by atoms with E-state index < -0.39 is 13.9 Å². The SMILES string of the molecule is CC/C=C\C/C=C\C/C=C\C/C=C\C/C=C\CCCCCCCCCCOCC(COP(=O)([O-])OCC[N+](C)(C)C)OC(=O)CCCCCCCC/C=C\C/C=C\C/C=C\CCCCCCC. The molecule has 0 aliphatic heterocycles. The predicted octanol–water partition coefficient (Wildman–Crippen LogP) is 16.3. The van der Waals surface area contributed by atoms with Crippen LogP contribution in [0.2, 0.25) is 0 Å². The van der Waals surface area contributed by atoms with Crippen molar-refractivity contribution in [3.8, 4) is 0 Å². The first-order valence-corrected chi connectivity index (χ1v) is 28.4. The number of esters is 1. The van der Waals surface area contributed by atoms with Gasteiger partial charge in [0, 0.05) is 13.0 Å². The molecule has 0 radical (unpaired) electrons. The van der Waals surface area contributed by atoms with Crippen molar-refractivity contribution in [1.82, 2.24) is 0 Å². The summed E-state index contributed by atoms with van der Waals surface area (Å²) in [5, 5.41) is 0. The van der Waals surface area contributed by atoms with Crippen molar-refractivity contribution in [2.45, 2.75) is 213 Å². The second-order valence-electron chi connectivity index (χ2n) is 18.9. The van der Waals surface area contributed by atoms with Crippen LogP contribution >= 0.6 is 7.82 Å². The number of likely N-dealkylation sites (N-methyl/N-ethyl adjacent to an activating group) is 1. The molecule has 67 heavy (non-hydrogen) atoms. The molecule has 0 spiro atoms. The summed E-state index contributed by atoms with van der Waals surface area (Å²) in [4.78, 5) is 25.2. The number of quaternary nitrogens is 1. The Hall–Kier alpha value is -2.58. The first-order valence-electron chi connectivity index (χ1n) is 27.0. The third-order valence-electron chi connectivity index (χ3n) is 11.1. The van der Waals surface area contributed by atoms with Crippen molar-refractivity contribution >= 4 is 13.8 Å². The van der Waals surface area contributed by atoms with Crippen molar-refractivity contribution in [2.75, 3.05) is 54.1 Å². The highest BCUT2D eigenvalue weighted by atomic mass is 31.2. The fourth-order valence-electron chi connectivity index (χ4n) is 6.99. The van der Waals surface area contributed by atoms with Gasteiger partial charge in [-0.05, 0) is 96.3 Å². The summed E-state index contributed by atoms with van der Waals surface area (Å²) in [7, 11) is 1.33. The number of unbranched alkanes of at least 4 members (excludes halogenated alkanes) is 19. The number of carbonyl (C=O) groups excluding carboxylic acids is 1. The number of allylic oxidation sites excluding steroid dienone is 16. The van der Waals surface area contributed by atoms with Gasteiger partial charge in [-0.2, -0.15) is 0 Å². The highest BCUT2D eigenvalue weighted by Gasteiger charge is 2.20. The van der Waals surface area contributed by atoms with E-state index in [1.165, 1.54) is 83.5 Å². The molecule has 0 aromatic rings. The van der Waals surface area contributed by atoms with Crippen LogP contribution in [0.1, 0.15) is 206 Å². The molecule has 0 aromatic carbocycles. The molecule has 8 nitrogen and oxygen atoms in total. The second-order valence-corrected chi connectivity index (χ2v) is 20.3. The van der Waals surface area contributed by atoms with E-state index in [4.69, 9.17) is 18.5 Å². The van der Waals surface area contributed by atoms with E-state index in [-0.39, 0.29) is 25.8 Å². The molecule has 0 rings (SSSR count). The fourth-order valence-corrected chi connectivity index (χ4v) is 7.72. The van der Waals surface area contributed by atoms with Crippen molar-refractivity contribution in [3.05, 3.63) is 97.2 Å². The van der Waals surface area contributed by atoms with E-state index in [2.05, 4.69) is 111 Å². The number of nitrogens with zero attached hydrogens (tertiary/aromatic N) is 1. The molecule has 0 fully saturated rings. The summed E-state index contributed by atoms with van der Waals surface area (Å²) < 4.78 is 34.8. The Labute approximate surface area is 413 Å². The largest absolute Gasteiger partial charge is 0.756 e. The van der Waals surface area contributed by atoms with E-state index in [1.54, 1.807) is 0 Å². The number of rotatable bonds is 49. The van der Waals surface area contributed by atoms with Gasteiger partial charge in [0.05, 0.1) is 34.4 Å². The maximum Gasteiger partial charge on any atom is 0.306 e. The lowest BCUT2D eigenvalue weighted by Gasteiger charge is -2.28. The van der Waals surface area contributed by atoms with Gasteiger partial charge < -0.3 is 27.9 Å². The molecule has 0 saturated carbocycles. The molecule has 0 saturated heterocycles. The molecule has 9 heteroatoms. The van der Waals surface area contributed by atoms with E-state index in [0.717, 1.165) is 103 Å². The highest BCUT2D eigenvalue weighted by molar-refractivity contribution is 7.45. The molecule has 0 aromatic heterocycles. The third-order valence-corrected chi connectivity index (χ3v) is 12.1. The monoisotopic (exact) mass is 956 g/mol. The van der Waals surface area contributed by atoms with Gasteiger partial charge in [0.15, 0.2) is 0 Å². The zero-order valence-electron chi connectivity index (χ0n) is 43.8. The molecule has 2 atom stereocenters. The lowest BCUT2D eigenvalue weighted by atomic mass is 10.1. The van der Waals surface area contributed by atoms with E-state index in [1.807, 2.05) is 21.1 Å². The average molecular weight is 956 g/mol. The van der Waals surface area contributed by atoms with Gasteiger partial charge in [-0.15, -0.1) is 0 Å². The fraction of sp³-hybridized carbons (Fsp3) is 0.707. The van der Waals surface area contributed by atoms with Crippen LogP contribution in [0.4, 0.5) is 0 Å². The Kier molecular flexibility index (Phi) is 47.9. The number of hydrogen-bond acceptors (Lipinski definition) is 7. The lowest BCUT2D eigenvalue weighted by Crippen LogP contribution is -2.37. The van der Waals surface area contributed by atoms with Crippen molar-refractivity contribution in [3.63, 3.8) is 0 Å². The number of phosphoric acid groups is 1. The summed E-state index contributed by atoms with van der Waals surface area (Å²) in [6.07, 6.45) is 68.6. The Balaban J connectivity index is 4.20. The Bertz CT molecular complexity index is 1390. The molecule has 0 amide bonds. The van der Waals surface area contributed by atoms with Crippen LogP contribution in [0.5, 0.6) is 0 Å². The molecule has 0 heterocycles. The lowest BCUT2D eigenvalue weighted by molar-refractivity contribution is -0.870. The van der Waals surface area contributed by atoms with Crippen molar-refractivity contribution in [1.29, 1.82) is 0 Å². The topological polar surface area (TPSA) is 94.1 Å². The minimum Gasteiger partial charge on any atom is -0.756 e. The molecular weight excluding hydrogens is 854 g/mol. The summed E-state index contributed by atoms with van der Waals surface area (Å²) in [6.45, 7) is 5.24. The molecule has 0 bridgehead atoms. The number of carbonyl (C=O) groups is 1. The molecule has 0 N–H and O–H groups in total. The van der Waals surface area contributed by atoms with Gasteiger partial charge >= 0.3 is 5.97 Å². The van der Waals surface area contributed by atoms with E-state index in [0.29, 0.717) is 24.1 Å². The molecule has 2 unspecified atom stereocenters. The minimum absolute atomic E-state index is 0.0162. The summed E-state index contributed by atoms with van der Waals surface area (Å²) in [5.74, 6) is -0.352. The van der Waals surface area contributed by atoms with Crippen molar-refractivity contribution < 1.29 is 37.3 Å². The maximum absolute atomic E-state index is 12.8. The number of phosphoric ester groups is 1. The van der Waals surface area contributed by atoms with E-state index in [9.17, 15) is 14.3 Å². The van der Waals surface area contributed by atoms with Gasteiger partial charge in [0.2, 0.25) is 0 Å². The predicted molar refractivity (Wildman–Crippen MR) is 286 cm³/mol. The Morgan fingerprint density at radius 1 is 0.478 bits per heavy atom. The number of hydrogen-bond donors (Lipinski definition) is 0. The second kappa shape index (κ2) is 49.8. The molecule has 0 aliphatic rings. The van der Waals surface area contributed by atoms with Gasteiger partial charge in [-0.1, -0.05) is 201 Å². The minimum atomic E-state index is -4.55. The normalized spacial score (nSPS) is 14.3. The van der Waals surface area contributed by atoms with Crippen LogP contribution in [-0.2, 0) is 27.9 Å². The zero-order chi connectivity index (χ0) is 49.0. The molecule has 0 aliphatic carbocycles. The summed E-state index contributed by atoms with van der Waals surface area (Å²) >= 11 is 0. The van der Waals surface area contributed by atoms with Crippen LogP contribution < -0.4 is 4.89 Å². The van der Waals surface area contributed by atoms with Gasteiger partial charge in [0.25, 0.3) is 7.82 Å². The maximum atomic E-state index is 12.8. The van der Waals surface area contributed by atoms with Gasteiger partial charge in [-0.3, -0.25) is 9.36 Å². The summed E-state index contributed by atoms with van der Waals surface area (Å²) in [5.41, 5.74) is 0. The molecular formula is C58H102NO7P. The standard InChI is InChI=1S/C58H102NO7P/c1-6-8-10-12-14-16-18-20-22-24-26-28-29-30-32-34-36-38-40-42-44-46-48-50-53-63-55-57(56-65-67(61,62)64-54-52-59(3,4)5)66-58(60)51-49-47-45-43-41-39-37-35-33-31-27-25-23-21-19-17-15-13-11-9-7-2/h8,10,14,16,19-22,25-28,30,32-33,35,57H,6-7,9,11-13,15,17-18,23-24,29,31,34,36-56H2,1-5H3/b10-8-,16-14-,21-19-,22-20-,27-25-,28-26-,32-30-,35-33-. The Morgan fingerprint density at radius 2 is 0.866 bits per heavy atom. The van der Waals surface area contributed by atoms with Crippen LogP contribution in [0.25, 0.3) is 0 Å². The first kappa shape index (κ1) is 64.4. The number of ether oxygens (including phenoxy) is 2. The molecule has 386 valence electrons. The smallest absolute Gasteiger partial charge is 0.306 e. The Morgan fingerprint density at radius 3 is 1.30 bits per heavy atom. The summed E-state index contributed by atoms with van der Waals surface area (Å²) in [6, 6.07) is 0. The third kappa shape index (κ3) is 54.2. The van der Waals surface area contributed by atoms with Crippen LogP contribution in [-0.4, -0.2) is 70.7 Å². The first-order chi connectivity index (χ1) is 32.6. The quantitative estimate of drug-likeness (QED) is 0.0197. The zero-order valence-corrected chi connectivity index (χ0v) is 44.7.